The summed E-state index contributed by atoms with van der Waals surface area (Å²) in [6.07, 6.45) is 2.81. The van der Waals surface area contributed by atoms with Gasteiger partial charge in [-0.15, -0.1) is 24.8 Å². The van der Waals surface area contributed by atoms with E-state index in [0.717, 1.165) is 63.5 Å². The molecular weight excluding hydrogens is 389 g/mol. The molecule has 0 aromatic heterocycles. The number of nitrogens with zero attached hydrogens (tertiary/aromatic N) is 1. The van der Waals surface area contributed by atoms with Gasteiger partial charge in [0.2, 0.25) is 5.91 Å². The van der Waals surface area contributed by atoms with Gasteiger partial charge in [0, 0.05) is 44.2 Å². The molecule has 6 nitrogen and oxygen atoms in total. The highest BCUT2D eigenvalue weighted by Crippen LogP contribution is 2.18. The molecule has 2 N–H and O–H groups in total. The van der Waals surface area contributed by atoms with E-state index in [9.17, 15) is 4.79 Å². The summed E-state index contributed by atoms with van der Waals surface area (Å²) in [6, 6.07) is 8.27. The Balaban J connectivity index is 0.00000182. The molecule has 3 rings (SSSR count). The lowest BCUT2D eigenvalue weighted by molar-refractivity contribution is -0.121. The zero-order valence-electron chi connectivity index (χ0n) is 15.7. The van der Waals surface area contributed by atoms with Gasteiger partial charge in [-0.25, -0.2) is 0 Å². The third kappa shape index (κ3) is 8.23. The monoisotopic (exact) mass is 419 g/mol. The van der Waals surface area contributed by atoms with E-state index in [-0.39, 0.29) is 30.7 Å². The van der Waals surface area contributed by atoms with Crippen LogP contribution < -0.4 is 15.4 Å². The third-order valence-corrected chi connectivity index (χ3v) is 4.81. The van der Waals surface area contributed by atoms with E-state index >= 15 is 0 Å². The molecule has 0 spiro atoms. The molecule has 1 aromatic rings. The van der Waals surface area contributed by atoms with E-state index in [4.69, 9.17) is 9.47 Å². The summed E-state index contributed by atoms with van der Waals surface area (Å²) in [4.78, 5) is 14.4. The standard InChI is InChI=1S/C19H29N3O3.2ClH/c23-19(14-17-5-3-7-20-17)21-15-16-4-1-2-6-18(16)25-13-10-22-8-11-24-12-9-22;;/h1-2,4,6,17,20H,3,5,7-15H2,(H,21,23);2*1H. The Morgan fingerprint density at radius 3 is 2.78 bits per heavy atom. The lowest BCUT2D eigenvalue weighted by Crippen LogP contribution is -2.38. The predicted octanol–water partition coefficient (Wildman–Crippen LogP) is 2.00. The predicted molar refractivity (Wildman–Crippen MR) is 111 cm³/mol. The van der Waals surface area contributed by atoms with Crippen molar-refractivity contribution < 1.29 is 14.3 Å². The molecule has 2 aliphatic heterocycles. The Bertz CT molecular complexity index is 551. The van der Waals surface area contributed by atoms with Crippen LogP contribution >= 0.6 is 24.8 Å². The summed E-state index contributed by atoms with van der Waals surface area (Å²) in [5.74, 6) is 0.956. The van der Waals surface area contributed by atoms with Crippen LogP contribution in [0, 0.1) is 0 Å². The normalized spacial score (nSPS) is 19.6. The molecular formula is C19H31Cl2N3O3. The van der Waals surface area contributed by atoms with Crippen molar-refractivity contribution in [2.24, 2.45) is 0 Å². The van der Waals surface area contributed by atoms with E-state index in [1.165, 1.54) is 0 Å². The highest BCUT2D eigenvalue weighted by molar-refractivity contribution is 5.85. The number of hydrogen-bond donors (Lipinski definition) is 2. The lowest BCUT2D eigenvalue weighted by atomic mass is 10.1. The number of halogens is 2. The third-order valence-electron chi connectivity index (χ3n) is 4.81. The Morgan fingerprint density at radius 1 is 1.26 bits per heavy atom. The second-order valence-electron chi connectivity index (χ2n) is 6.68. The molecule has 27 heavy (non-hydrogen) atoms. The zero-order valence-corrected chi connectivity index (χ0v) is 17.3. The van der Waals surface area contributed by atoms with Gasteiger partial charge in [0.05, 0.1) is 13.2 Å². The van der Waals surface area contributed by atoms with Crippen LogP contribution in [0.5, 0.6) is 5.75 Å². The Labute approximate surface area is 174 Å². The van der Waals surface area contributed by atoms with Crippen LogP contribution in [0.1, 0.15) is 24.8 Å². The van der Waals surface area contributed by atoms with Crippen molar-refractivity contribution in [3.63, 3.8) is 0 Å². The minimum absolute atomic E-state index is 0. The first-order chi connectivity index (χ1) is 12.3. The van der Waals surface area contributed by atoms with Gasteiger partial charge in [-0.05, 0) is 25.5 Å². The Hall–Kier alpha value is -1.05. The molecule has 0 saturated carbocycles. The first-order valence-corrected chi connectivity index (χ1v) is 9.32. The van der Waals surface area contributed by atoms with Gasteiger partial charge < -0.3 is 20.1 Å². The van der Waals surface area contributed by atoms with Crippen molar-refractivity contribution in [3.8, 4) is 5.75 Å². The van der Waals surface area contributed by atoms with Crippen molar-refractivity contribution in [1.29, 1.82) is 0 Å². The van der Waals surface area contributed by atoms with E-state index in [2.05, 4.69) is 15.5 Å². The van der Waals surface area contributed by atoms with Gasteiger partial charge in [0.15, 0.2) is 0 Å². The van der Waals surface area contributed by atoms with Crippen LogP contribution in [-0.4, -0.2) is 62.8 Å². The minimum atomic E-state index is 0. The summed E-state index contributed by atoms with van der Waals surface area (Å²) in [6.45, 7) is 6.63. The molecule has 2 fully saturated rings. The minimum Gasteiger partial charge on any atom is -0.492 e. The van der Waals surface area contributed by atoms with Crippen LogP contribution in [0.4, 0.5) is 0 Å². The number of para-hydroxylation sites is 1. The molecule has 2 heterocycles. The SMILES string of the molecule is Cl.Cl.O=C(CC1CCCN1)NCc1ccccc1OCCN1CCOCC1. The largest absolute Gasteiger partial charge is 0.492 e. The van der Waals surface area contributed by atoms with E-state index in [1.54, 1.807) is 0 Å². The number of nitrogens with one attached hydrogen (secondary N) is 2. The molecule has 1 amide bonds. The molecule has 1 unspecified atom stereocenters. The maximum absolute atomic E-state index is 12.1. The van der Waals surface area contributed by atoms with Gasteiger partial charge in [-0.3, -0.25) is 9.69 Å². The highest BCUT2D eigenvalue weighted by Gasteiger charge is 2.17. The number of amides is 1. The summed E-state index contributed by atoms with van der Waals surface area (Å²) < 4.78 is 11.3. The molecule has 1 atom stereocenters. The van der Waals surface area contributed by atoms with Gasteiger partial charge in [0.25, 0.3) is 0 Å². The number of benzene rings is 1. The van der Waals surface area contributed by atoms with Gasteiger partial charge in [-0.1, -0.05) is 18.2 Å². The maximum atomic E-state index is 12.1. The number of ether oxygens (including phenoxy) is 2. The van der Waals surface area contributed by atoms with Gasteiger partial charge in [0.1, 0.15) is 12.4 Å². The topological polar surface area (TPSA) is 62.8 Å². The zero-order chi connectivity index (χ0) is 17.3. The van der Waals surface area contributed by atoms with Crippen molar-refractivity contribution in [2.45, 2.75) is 31.8 Å². The molecule has 0 bridgehead atoms. The number of rotatable bonds is 8. The fraction of sp³-hybridized carbons (Fsp3) is 0.632. The molecule has 1 aromatic carbocycles. The second-order valence-corrected chi connectivity index (χ2v) is 6.68. The molecule has 154 valence electrons. The average Bonchev–Trinajstić information content (AvgIpc) is 3.15. The fourth-order valence-electron chi connectivity index (χ4n) is 3.32. The molecule has 2 aliphatic rings. The van der Waals surface area contributed by atoms with E-state index in [1.807, 2.05) is 24.3 Å². The number of hydrogen-bond acceptors (Lipinski definition) is 5. The fourth-order valence-corrected chi connectivity index (χ4v) is 3.32. The first-order valence-electron chi connectivity index (χ1n) is 9.32. The summed E-state index contributed by atoms with van der Waals surface area (Å²) in [7, 11) is 0. The van der Waals surface area contributed by atoms with Crippen LogP contribution in [0.25, 0.3) is 0 Å². The van der Waals surface area contributed by atoms with Crippen molar-refractivity contribution in [3.05, 3.63) is 29.8 Å². The van der Waals surface area contributed by atoms with Gasteiger partial charge >= 0.3 is 0 Å². The maximum Gasteiger partial charge on any atom is 0.221 e. The van der Waals surface area contributed by atoms with Crippen LogP contribution in [0.2, 0.25) is 0 Å². The summed E-state index contributed by atoms with van der Waals surface area (Å²) in [5, 5.41) is 6.38. The van der Waals surface area contributed by atoms with E-state index < -0.39 is 0 Å². The number of carbonyl (C=O) groups excluding carboxylic acids is 1. The molecule has 2 saturated heterocycles. The average molecular weight is 420 g/mol. The Kier molecular flexibility index (Phi) is 11.7. The highest BCUT2D eigenvalue weighted by atomic mass is 35.5. The lowest BCUT2D eigenvalue weighted by Gasteiger charge is -2.26. The molecule has 0 radical (unpaired) electrons. The quantitative estimate of drug-likeness (QED) is 0.674. The van der Waals surface area contributed by atoms with Crippen molar-refractivity contribution >= 4 is 30.7 Å². The van der Waals surface area contributed by atoms with Crippen LogP contribution in [-0.2, 0) is 16.1 Å². The van der Waals surface area contributed by atoms with Crippen molar-refractivity contribution in [2.75, 3.05) is 46.0 Å². The van der Waals surface area contributed by atoms with Gasteiger partial charge in [-0.2, -0.15) is 0 Å². The van der Waals surface area contributed by atoms with Crippen molar-refractivity contribution in [1.82, 2.24) is 15.5 Å². The first kappa shape index (κ1) is 24.0. The smallest absolute Gasteiger partial charge is 0.221 e. The number of carbonyl (C=O) groups is 1. The second kappa shape index (κ2) is 13.2. The molecule has 8 heteroatoms. The summed E-state index contributed by atoms with van der Waals surface area (Å²) >= 11 is 0. The van der Waals surface area contributed by atoms with Crippen LogP contribution in [0.15, 0.2) is 24.3 Å². The van der Waals surface area contributed by atoms with Crippen LogP contribution in [0.3, 0.4) is 0 Å². The number of morpholine rings is 1. The summed E-state index contributed by atoms with van der Waals surface area (Å²) in [5.41, 5.74) is 1.03. The van der Waals surface area contributed by atoms with E-state index in [0.29, 0.717) is 25.6 Å². The Morgan fingerprint density at radius 2 is 2.04 bits per heavy atom. The molecule has 0 aliphatic carbocycles.